The lowest BCUT2D eigenvalue weighted by atomic mass is 9.87. The molecule has 9 heteroatoms. The first-order valence-electron chi connectivity index (χ1n) is 15.5. The monoisotopic (exact) mass is 651 g/mol. The summed E-state index contributed by atoms with van der Waals surface area (Å²) in [5.41, 5.74) is 5.33. The van der Waals surface area contributed by atoms with Gasteiger partial charge in [0.1, 0.15) is 11.6 Å². The number of hydrogen-bond donors (Lipinski definition) is 4. The highest BCUT2D eigenvalue weighted by Gasteiger charge is 2.42. The third kappa shape index (κ3) is 7.22. The van der Waals surface area contributed by atoms with Gasteiger partial charge in [0.15, 0.2) is 0 Å². The summed E-state index contributed by atoms with van der Waals surface area (Å²) >= 11 is 0. The van der Waals surface area contributed by atoms with Crippen LogP contribution in [0.3, 0.4) is 0 Å². The summed E-state index contributed by atoms with van der Waals surface area (Å²) in [5, 5.41) is 22.1. The Labute approximate surface area is 272 Å². The van der Waals surface area contributed by atoms with Crippen molar-refractivity contribution in [2.45, 2.75) is 37.8 Å². The van der Waals surface area contributed by atoms with Crippen molar-refractivity contribution in [1.29, 1.82) is 0 Å². The summed E-state index contributed by atoms with van der Waals surface area (Å²) in [6.45, 7) is 0. The largest absolute Gasteiger partial charge is 0.508 e. The van der Waals surface area contributed by atoms with E-state index in [0.29, 0.717) is 47.2 Å². The molecule has 5 aromatic carbocycles. The predicted octanol–water partition coefficient (Wildman–Crippen LogP) is 7.67. The van der Waals surface area contributed by atoms with Crippen LogP contribution in [0.25, 0.3) is 22.3 Å². The van der Waals surface area contributed by atoms with Gasteiger partial charge >= 0.3 is 7.60 Å². The molecule has 1 saturated heterocycles. The lowest BCUT2D eigenvalue weighted by Gasteiger charge is -2.30. The fourth-order valence-corrected chi connectivity index (χ4v) is 6.99. The number of aliphatic hydroxyl groups is 1. The number of rotatable bonds is 10. The molecule has 7 nitrogen and oxygen atoms in total. The minimum absolute atomic E-state index is 0.00326. The average Bonchev–Trinajstić information content (AvgIpc) is 3.40. The molecule has 0 aromatic heterocycles. The normalized spacial score (nSPS) is 17.2. The molecule has 0 unspecified atom stereocenters. The molecule has 47 heavy (non-hydrogen) atoms. The highest BCUT2D eigenvalue weighted by molar-refractivity contribution is 7.60. The zero-order valence-corrected chi connectivity index (χ0v) is 26.4. The van der Waals surface area contributed by atoms with E-state index in [0.717, 1.165) is 11.1 Å². The molecule has 0 radical (unpaired) electrons. The Bertz CT molecular complexity index is 1890. The van der Waals surface area contributed by atoms with Crippen molar-refractivity contribution in [1.82, 2.24) is 0 Å². The van der Waals surface area contributed by atoms with Crippen molar-refractivity contribution in [2.24, 2.45) is 5.92 Å². The fourth-order valence-electron chi connectivity index (χ4n) is 6.45. The first kappa shape index (κ1) is 32.4. The van der Waals surface area contributed by atoms with Gasteiger partial charge in [-0.25, -0.2) is 4.39 Å². The molecular formula is C38H35FNO6P. The second-order valence-electron chi connectivity index (χ2n) is 11.9. The van der Waals surface area contributed by atoms with Crippen LogP contribution in [-0.2, 0) is 9.36 Å². The van der Waals surface area contributed by atoms with Gasteiger partial charge in [-0.2, -0.15) is 0 Å². The molecular weight excluding hydrogens is 616 g/mol. The van der Waals surface area contributed by atoms with E-state index in [4.69, 9.17) is 0 Å². The minimum Gasteiger partial charge on any atom is -0.508 e. The Hall–Kier alpha value is -4.59. The van der Waals surface area contributed by atoms with Crippen molar-refractivity contribution in [2.75, 3.05) is 4.90 Å². The summed E-state index contributed by atoms with van der Waals surface area (Å²) in [7, 11) is -4.38. The van der Waals surface area contributed by atoms with Crippen LogP contribution < -0.4 is 10.2 Å². The Morgan fingerprint density at radius 3 is 2.02 bits per heavy atom. The second-order valence-corrected chi connectivity index (χ2v) is 13.6. The summed E-state index contributed by atoms with van der Waals surface area (Å²) in [6.07, 6.45) is 1.15. The Morgan fingerprint density at radius 1 is 0.787 bits per heavy atom. The SMILES string of the molecule is O=C1C[C@@H](CCC[C@@H](O)c2ccc(F)cc2)[C@@H](c2ccc(-c3ccc(P(=O)(O)O)cc3)cc2O)N1c1ccc(-c2ccccc2)cc1. The number of aliphatic hydroxyl groups excluding tert-OH is 1. The van der Waals surface area contributed by atoms with Gasteiger partial charge in [0.25, 0.3) is 0 Å². The zero-order chi connectivity index (χ0) is 33.1. The number of phenolic OH excluding ortho intramolecular Hbond substituents is 1. The molecule has 5 aromatic rings. The first-order valence-corrected chi connectivity index (χ1v) is 17.1. The van der Waals surface area contributed by atoms with E-state index >= 15 is 0 Å². The van der Waals surface area contributed by atoms with Crippen molar-refractivity contribution in [3.63, 3.8) is 0 Å². The van der Waals surface area contributed by atoms with Gasteiger partial charge in [0, 0.05) is 17.7 Å². The molecule has 1 aliphatic heterocycles. The molecule has 0 aliphatic carbocycles. The van der Waals surface area contributed by atoms with E-state index in [1.807, 2.05) is 60.7 Å². The van der Waals surface area contributed by atoms with Crippen molar-refractivity contribution in [3.8, 4) is 28.0 Å². The van der Waals surface area contributed by atoms with Crippen LogP contribution in [-0.4, -0.2) is 25.9 Å². The number of benzene rings is 5. The van der Waals surface area contributed by atoms with E-state index < -0.39 is 19.7 Å². The van der Waals surface area contributed by atoms with Gasteiger partial charge in [-0.15, -0.1) is 0 Å². The van der Waals surface area contributed by atoms with E-state index in [1.54, 1.807) is 41.3 Å². The number of carbonyl (C=O) groups excluding carboxylic acids is 1. The number of halogens is 1. The van der Waals surface area contributed by atoms with Crippen LogP contribution in [0.2, 0.25) is 0 Å². The van der Waals surface area contributed by atoms with Crippen molar-refractivity contribution in [3.05, 3.63) is 138 Å². The van der Waals surface area contributed by atoms with Crippen LogP contribution in [0.1, 0.15) is 49.0 Å². The lowest BCUT2D eigenvalue weighted by molar-refractivity contribution is -0.117. The summed E-state index contributed by atoms with van der Waals surface area (Å²) in [4.78, 5) is 34.4. The maximum absolute atomic E-state index is 13.7. The standard InChI is InChI=1S/C38H35FNO6P/c39-31-16-9-28(10-17-31)35(41)8-4-7-30-24-37(43)40(32-18-11-26(12-19-32)25-5-2-1-3-6-25)38(30)34-22-15-29(23-36(34)42)27-13-20-33(21-14-27)47(44,45)46/h1-3,5-6,9-23,30,35,38,41-42H,4,7-8,24H2,(H2,44,45,46)/t30-,35-,38+/m1/s1. The number of carbonyl (C=O) groups is 1. The van der Waals surface area contributed by atoms with E-state index in [2.05, 4.69) is 0 Å². The number of phenols is 1. The summed E-state index contributed by atoms with van der Waals surface area (Å²) in [5.74, 6) is -0.586. The van der Waals surface area contributed by atoms with Crippen molar-refractivity contribution < 1.29 is 33.7 Å². The third-order valence-electron chi connectivity index (χ3n) is 8.88. The fraction of sp³-hybridized carbons (Fsp3) is 0.184. The zero-order valence-electron chi connectivity index (χ0n) is 25.5. The molecule has 1 heterocycles. The number of nitrogens with zero attached hydrogens (tertiary/aromatic N) is 1. The summed E-state index contributed by atoms with van der Waals surface area (Å²) < 4.78 is 25.0. The van der Waals surface area contributed by atoms with Gasteiger partial charge in [-0.1, -0.05) is 85.3 Å². The smallest absolute Gasteiger partial charge is 0.356 e. The number of hydrogen-bond acceptors (Lipinski definition) is 4. The van der Waals surface area contributed by atoms with Crippen LogP contribution in [0.4, 0.5) is 10.1 Å². The molecule has 6 rings (SSSR count). The van der Waals surface area contributed by atoms with Gasteiger partial charge in [0.05, 0.1) is 17.5 Å². The number of amides is 1. The highest BCUT2D eigenvalue weighted by atomic mass is 31.2. The molecule has 1 fully saturated rings. The molecule has 1 amide bonds. The van der Waals surface area contributed by atoms with Gasteiger partial charge in [0.2, 0.25) is 5.91 Å². The lowest BCUT2D eigenvalue weighted by Crippen LogP contribution is -2.28. The maximum Gasteiger partial charge on any atom is 0.356 e. The van der Waals surface area contributed by atoms with Gasteiger partial charge in [-0.05, 0) is 89.0 Å². The van der Waals surface area contributed by atoms with E-state index in [9.17, 15) is 33.7 Å². The first-order chi connectivity index (χ1) is 22.6. The second kappa shape index (κ2) is 13.6. The molecule has 240 valence electrons. The maximum atomic E-state index is 13.7. The number of anilines is 1. The summed E-state index contributed by atoms with van der Waals surface area (Å²) in [6, 6.07) is 34.2. The van der Waals surface area contributed by atoms with Crippen LogP contribution in [0, 0.1) is 11.7 Å². The quantitative estimate of drug-likeness (QED) is 0.115. The van der Waals surface area contributed by atoms with Crippen LogP contribution in [0.15, 0.2) is 121 Å². The third-order valence-corrected chi connectivity index (χ3v) is 9.85. The number of aromatic hydroxyl groups is 1. The highest BCUT2D eigenvalue weighted by Crippen LogP contribution is 2.47. The van der Waals surface area contributed by atoms with Crippen LogP contribution >= 0.6 is 7.60 Å². The molecule has 0 bridgehead atoms. The van der Waals surface area contributed by atoms with Gasteiger partial charge < -0.3 is 24.9 Å². The topological polar surface area (TPSA) is 118 Å². The predicted molar refractivity (Wildman–Crippen MR) is 181 cm³/mol. The Kier molecular flexibility index (Phi) is 9.39. The molecule has 0 spiro atoms. The average molecular weight is 652 g/mol. The van der Waals surface area contributed by atoms with Gasteiger partial charge in [-0.3, -0.25) is 9.36 Å². The van der Waals surface area contributed by atoms with Crippen LogP contribution in [0.5, 0.6) is 5.75 Å². The molecule has 0 saturated carbocycles. The van der Waals surface area contributed by atoms with E-state index in [1.165, 1.54) is 24.3 Å². The van der Waals surface area contributed by atoms with Crippen molar-refractivity contribution >= 4 is 24.5 Å². The molecule has 3 atom stereocenters. The molecule has 4 N–H and O–H groups in total. The Morgan fingerprint density at radius 2 is 1.38 bits per heavy atom. The molecule has 1 aliphatic rings. The minimum atomic E-state index is -4.38. The Balaban J connectivity index is 1.29. The van der Waals surface area contributed by atoms with E-state index in [-0.39, 0.29) is 35.1 Å².